The highest BCUT2D eigenvalue weighted by molar-refractivity contribution is 5.82. The number of aliphatic imine (C=N–C) groups is 1. The highest BCUT2D eigenvalue weighted by atomic mass is 15.3. The minimum atomic E-state index is 0.186. The molecule has 0 aromatic heterocycles. The Morgan fingerprint density at radius 2 is 2.11 bits per heavy atom. The second-order valence-corrected chi connectivity index (χ2v) is 4.99. The number of hydrogen-bond acceptors (Lipinski definition) is 4. The zero-order valence-corrected chi connectivity index (χ0v) is 10.5. The summed E-state index contributed by atoms with van der Waals surface area (Å²) in [6.45, 7) is 2.87. The number of nitrogens with one attached hydrogen (secondary N) is 1. The topological polar surface area (TPSA) is 53.6 Å². The third kappa shape index (κ3) is 2.08. The molecule has 1 aromatic rings. The third-order valence-corrected chi connectivity index (χ3v) is 3.75. The first-order valence-corrected chi connectivity index (χ1v) is 6.72. The summed E-state index contributed by atoms with van der Waals surface area (Å²) >= 11 is 0. The van der Waals surface area contributed by atoms with Gasteiger partial charge < -0.3 is 16.0 Å². The number of guanidine groups is 1. The number of nitrogens with two attached hydrogens (primary N) is 1. The fraction of sp³-hybridized carbons (Fsp3) is 0.500. The van der Waals surface area contributed by atoms with Crippen molar-refractivity contribution in [3.8, 4) is 0 Å². The minimum Gasteiger partial charge on any atom is -0.354 e. The SMILES string of the molecule is N[C@H]1CCCN(C2=NCCN2)[C@H]1c1ccccc1. The van der Waals surface area contributed by atoms with E-state index in [1.165, 1.54) is 5.56 Å². The van der Waals surface area contributed by atoms with E-state index >= 15 is 0 Å². The number of likely N-dealkylation sites (tertiary alicyclic amines) is 1. The smallest absolute Gasteiger partial charge is 0.194 e. The lowest BCUT2D eigenvalue weighted by Gasteiger charge is -2.41. The van der Waals surface area contributed by atoms with Crippen LogP contribution in [0.25, 0.3) is 0 Å². The summed E-state index contributed by atoms with van der Waals surface area (Å²) in [5.74, 6) is 1.03. The Hall–Kier alpha value is -1.55. The standard InChI is InChI=1S/C14H20N4/c15-12-7-4-10-18(14-16-8-9-17-14)13(12)11-5-2-1-3-6-11/h1-3,5-6,12-13H,4,7-10,15H2,(H,16,17)/t12-,13-/m0/s1. The summed E-state index contributed by atoms with van der Waals surface area (Å²) < 4.78 is 0. The molecule has 2 atom stereocenters. The predicted octanol–water partition coefficient (Wildman–Crippen LogP) is 1.11. The Labute approximate surface area is 108 Å². The maximum atomic E-state index is 6.34. The number of benzene rings is 1. The highest BCUT2D eigenvalue weighted by Gasteiger charge is 2.32. The average Bonchev–Trinajstić information content (AvgIpc) is 2.93. The molecule has 0 radical (unpaired) electrons. The summed E-state index contributed by atoms with van der Waals surface area (Å²) in [5.41, 5.74) is 7.64. The zero-order valence-electron chi connectivity index (χ0n) is 10.5. The van der Waals surface area contributed by atoms with Crippen LogP contribution in [-0.2, 0) is 0 Å². The number of rotatable bonds is 1. The van der Waals surface area contributed by atoms with Crippen LogP contribution in [0.3, 0.4) is 0 Å². The van der Waals surface area contributed by atoms with Crippen LogP contribution in [-0.4, -0.2) is 36.5 Å². The van der Waals surface area contributed by atoms with Gasteiger partial charge in [0.15, 0.2) is 5.96 Å². The molecule has 0 unspecified atom stereocenters. The fourth-order valence-corrected chi connectivity index (χ4v) is 2.92. The molecular formula is C14H20N4. The molecule has 18 heavy (non-hydrogen) atoms. The summed E-state index contributed by atoms with van der Waals surface area (Å²) in [5, 5.41) is 3.37. The van der Waals surface area contributed by atoms with Gasteiger partial charge in [-0.15, -0.1) is 0 Å². The third-order valence-electron chi connectivity index (χ3n) is 3.75. The van der Waals surface area contributed by atoms with Gasteiger partial charge in [-0.25, -0.2) is 0 Å². The average molecular weight is 244 g/mol. The molecule has 1 fully saturated rings. The second kappa shape index (κ2) is 4.98. The van der Waals surface area contributed by atoms with Crippen LogP contribution in [0, 0.1) is 0 Å². The van der Waals surface area contributed by atoms with Gasteiger partial charge in [-0.2, -0.15) is 0 Å². The largest absolute Gasteiger partial charge is 0.354 e. The van der Waals surface area contributed by atoms with E-state index in [0.717, 1.165) is 38.4 Å². The summed E-state index contributed by atoms with van der Waals surface area (Å²) in [6.07, 6.45) is 2.23. The van der Waals surface area contributed by atoms with E-state index in [2.05, 4.69) is 39.5 Å². The molecule has 2 aliphatic heterocycles. The van der Waals surface area contributed by atoms with E-state index in [0.29, 0.717) is 0 Å². The Bertz CT molecular complexity index is 429. The fourth-order valence-electron chi connectivity index (χ4n) is 2.92. The van der Waals surface area contributed by atoms with Crippen LogP contribution in [0.15, 0.2) is 35.3 Å². The molecule has 1 saturated heterocycles. The lowest BCUT2D eigenvalue weighted by atomic mass is 9.91. The van der Waals surface area contributed by atoms with Gasteiger partial charge in [0.1, 0.15) is 0 Å². The quantitative estimate of drug-likeness (QED) is 0.778. The predicted molar refractivity (Wildman–Crippen MR) is 73.4 cm³/mol. The Balaban J connectivity index is 1.90. The molecule has 4 heteroatoms. The van der Waals surface area contributed by atoms with Crippen molar-refractivity contribution in [2.45, 2.75) is 24.9 Å². The van der Waals surface area contributed by atoms with Gasteiger partial charge in [0.2, 0.25) is 0 Å². The van der Waals surface area contributed by atoms with Crippen molar-refractivity contribution in [2.24, 2.45) is 10.7 Å². The van der Waals surface area contributed by atoms with Crippen LogP contribution in [0.1, 0.15) is 24.4 Å². The number of nitrogens with zero attached hydrogens (tertiary/aromatic N) is 2. The van der Waals surface area contributed by atoms with E-state index in [-0.39, 0.29) is 12.1 Å². The van der Waals surface area contributed by atoms with Crippen molar-refractivity contribution in [3.05, 3.63) is 35.9 Å². The first kappa shape index (κ1) is 11.5. The van der Waals surface area contributed by atoms with E-state index in [1.54, 1.807) is 0 Å². The van der Waals surface area contributed by atoms with Crippen molar-refractivity contribution >= 4 is 5.96 Å². The molecule has 3 N–H and O–H groups in total. The van der Waals surface area contributed by atoms with Crippen molar-refractivity contribution in [1.29, 1.82) is 0 Å². The van der Waals surface area contributed by atoms with Gasteiger partial charge in [0.05, 0.1) is 12.6 Å². The van der Waals surface area contributed by atoms with E-state index in [1.807, 2.05) is 6.07 Å². The molecule has 0 aliphatic carbocycles. The molecule has 2 aliphatic rings. The Morgan fingerprint density at radius 1 is 1.28 bits per heavy atom. The maximum Gasteiger partial charge on any atom is 0.194 e. The zero-order chi connectivity index (χ0) is 12.4. The molecular weight excluding hydrogens is 224 g/mol. The first-order valence-electron chi connectivity index (χ1n) is 6.72. The molecule has 0 spiro atoms. The van der Waals surface area contributed by atoms with Crippen molar-refractivity contribution < 1.29 is 0 Å². The summed E-state index contributed by atoms with van der Waals surface area (Å²) in [6, 6.07) is 11.0. The van der Waals surface area contributed by atoms with Gasteiger partial charge >= 0.3 is 0 Å². The van der Waals surface area contributed by atoms with Crippen LogP contribution in [0.2, 0.25) is 0 Å². The van der Waals surface area contributed by atoms with E-state index < -0.39 is 0 Å². The normalized spacial score (nSPS) is 27.8. The number of piperidine rings is 1. The van der Waals surface area contributed by atoms with Crippen molar-refractivity contribution in [2.75, 3.05) is 19.6 Å². The van der Waals surface area contributed by atoms with Crippen LogP contribution in [0.4, 0.5) is 0 Å². The summed E-state index contributed by atoms with van der Waals surface area (Å²) in [7, 11) is 0. The van der Waals surface area contributed by atoms with Gasteiger partial charge in [0.25, 0.3) is 0 Å². The molecule has 0 bridgehead atoms. The Kier molecular flexibility index (Phi) is 3.19. The first-order chi connectivity index (χ1) is 8.86. The minimum absolute atomic E-state index is 0.186. The van der Waals surface area contributed by atoms with E-state index in [4.69, 9.17) is 5.73 Å². The monoisotopic (exact) mass is 244 g/mol. The molecule has 4 nitrogen and oxygen atoms in total. The molecule has 0 amide bonds. The van der Waals surface area contributed by atoms with Gasteiger partial charge in [0, 0.05) is 19.1 Å². The Morgan fingerprint density at radius 3 is 2.83 bits per heavy atom. The lowest BCUT2D eigenvalue weighted by Crippen LogP contribution is -2.51. The lowest BCUT2D eigenvalue weighted by molar-refractivity contribution is 0.210. The van der Waals surface area contributed by atoms with Gasteiger partial charge in [-0.05, 0) is 18.4 Å². The highest BCUT2D eigenvalue weighted by Crippen LogP contribution is 2.30. The molecule has 2 heterocycles. The molecule has 1 aromatic carbocycles. The van der Waals surface area contributed by atoms with Crippen molar-refractivity contribution in [3.63, 3.8) is 0 Å². The molecule has 96 valence electrons. The molecule has 3 rings (SSSR count). The summed E-state index contributed by atoms with van der Waals surface area (Å²) in [4.78, 5) is 6.89. The van der Waals surface area contributed by atoms with Crippen molar-refractivity contribution in [1.82, 2.24) is 10.2 Å². The van der Waals surface area contributed by atoms with E-state index in [9.17, 15) is 0 Å². The second-order valence-electron chi connectivity index (χ2n) is 4.99. The number of hydrogen-bond donors (Lipinski definition) is 2. The molecule has 0 saturated carbocycles. The van der Waals surface area contributed by atoms with Gasteiger partial charge in [-0.3, -0.25) is 4.99 Å². The van der Waals surface area contributed by atoms with Crippen LogP contribution in [0.5, 0.6) is 0 Å². The van der Waals surface area contributed by atoms with Crippen LogP contribution >= 0.6 is 0 Å². The van der Waals surface area contributed by atoms with Gasteiger partial charge in [-0.1, -0.05) is 30.3 Å². The maximum absolute atomic E-state index is 6.34. The van der Waals surface area contributed by atoms with Crippen LogP contribution < -0.4 is 11.1 Å².